The van der Waals surface area contributed by atoms with Crippen molar-refractivity contribution in [3.63, 3.8) is 0 Å². The maximum Gasteiger partial charge on any atom is 0.263 e. The highest BCUT2D eigenvalue weighted by atomic mass is 35.5. The number of amides is 1. The average molecular weight is 338 g/mol. The summed E-state index contributed by atoms with van der Waals surface area (Å²) < 4.78 is 0.510. The van der Waals surface area contributed by atoms with Crippen LogP contribution in [0.3, 0.4) is 0 Å². The predicted molar refractivity (Wildman–Crippen MR) is 91.1 cm³/mol. The fourth-order valence-corrected chi connectivity index (χ4v) is 3.86. The van der Waals surface area contributed by atoms with Crippen molar-refractivity contribution in [2.24, 2.45) is 0 Å². The number of thiocarbonyl (C=S) groups is 1. The maximum atomic E-state index is 11.6. The Morgan fingerprint density at radius 2 is 1.95 bits per heavy atom. The lowest BCUT2D eigenvalue weighted by Gasteiger charge is -1.96. The molecule has 1 saturated heterocycles. The van der Waals surface area contributed by atoms with Gasteiger partial charge in [0.25, 0.3) is 5.91 Å². The second kappa shape index (κ2) is 5.69. The highest BCUT2D eigenvalue weighted by Gasteiger charge is 2.22. The van der Waals surface area contributed by atoms with Crippen LogP contribution in [-0.2, 0) is 4.79 Å². The number of hydrogen-bond acceptors (Lipinski definition) is 4. The Morgan fingerprint density at radius 3 is 2.60 bits per heavy atom. The van der Waals surface area contributed by atoms with Crippen LogP contribution in [0.2, 0.25) is 5.02 Å². The number of hydrogen-bond donors (Lipinski definition) is 1. The van der Waals surface area contributed by atoms with E-state index < -0.39 is 0 Å². The third-order valence-corrected chi connectivity index (χ3v) is 5.01. The van der Waals surface area contributed by atoms with Gasteiger partial charge in [0.05, 0.1) is 4.91 Å². The number of carbonyl (C=O) groups excluding carboxylic acids is 1. The van der Waals surface area contributed by atoms with Gasteiger partial charge in [-0.15, -0.1) is 11.3 Å². The topological polar surface area (TPSA) is 29.1 Å². The number of thioether (sulfide) groups is 1. The minimum atomic E-state index is -0.124. The molecule has 3 rings (SSSR count). The van der Waals surface area contributed by atoms with Crippen LogP contribution < -0.4 is 5.32 Å². The fraction of sp³-hybridized carbons (Fsp3) is 0. The van der Waals surface area contributed by atoms with E-state index in [0.717, 1.165) is 21.0 Å². The lowest BCUT2D eigenvalue weighted by Crippen LogP contribution is -2.17. The summed E-state index contributed by atoms with van der Waals surface area (Å²) in [4.78, 5) is 13.3. The molecule has 0 unspecified atom stereocenters. The van der Waals surface area contributed by atoms with E-state index in [1.165, 1.54) is 11.8 Å². The average Bonchev–Trinajstić information content (AvgIpc) is 2.98. The first-order chi connectivity index (χ1) is 9.61. The van der Waals surface area contributed by atoms with Gasteiger partial charge in [-0.25, -0.2) is 0 Å². The van der Waals surface area contributed by atoms with Crippen LogP contribution in [0.25, 0.3) is 17.2 Å². The summed E-state index contributed by atoms with van der Waals surface area (Å²) in [6.07, 6.45) is 1.86. The Labute approximate surface area is 134 Å². The summed E-state index contributed by atoms with van der Waals surface area (Å²) in [5.41, 5.74) is 2.22. The second-order valence-corrected chi connectivity index (χ2v) is 7.19. The molecule has 0 spiro atoms. The molecule has 1 aliphatic rings. The molecule has 1 N–H and O–H groups in total. The lowest BCUT2D eigenvalue weighted by molar-refractivity contribution is -0.115. The van der Waals surface area contributed by atoms with E-state index in [1.54, 1.807) is 11.3 Å². The molecule has 20 heavy (non-hydrogen) atoms. The molecule has 6 heteroatoms. The minimum absolute atomic E-state index is 0.124. The van der Waals surface area contributed by atoms with Crippen molar-refractivity contribution in [1.82, 2.24) is 5.32 Å². The molecule has 0 aliphatic carbocycles. The van der Waals surface area contributed by atoms with Gasteiger partial charge in [-0.1, -0.05) is 47.7 Å². The third-order valence-electron chi connectivity index (χ3n) is 2.71. The van der Waals surface area contributed by atoms with E-state index in [4.69, 9.17) is 23.8 Å². The van der Waals surface area contributed by atoms with Crippen molar-refractivity contribution in [3.8, 4) is 11.1 Å². The molecule has 1 fully saturated rings. The number of benzene rings is 1. The monoisotopic (exact) mass is 337 g/mol. The van der Waals surface area contributed by atoms with Gasteiger partial charge >= 0.3 is 0 Å². The van der Waals surface area contributed by atoms with Crippen molar-refractivity contribution in [2.75, 3.05) is 0 Å². The van der Waals surface area contributed by atoms with Gasteiger partial charge in [0.1, 0.15) is 4.32 Å². The Morgan fingerprint density at radius 1 is 1.20 bits per heavy atom. The molecule has 2 aromatic rings. The maximum absolute atomic E-state index is 11.6. The van der Waals surface area contributed by atoms with Crippen molar-refractivity contribution < 1.29 is 4.79 Å². The fourth-order valence-electron chi connectivity index (χ4n) is 1.77. The van der Waals surface area contributed by atoms with Crippen LogP contribution in [0.5, 0.6) is 0 Å². The molecule has 1 amide bonds. The Kier molecular flexibility index (Phi) is 3.94. The first kappa shape index (κ1) is 13.8. The smallest absolute Gasteiger partial charge is 0.263 e. The first-order valence-corrected chi connectivity index (χ1v) is 8.19. The summed E-state index contributed by atoms with van der Waals surface area (Å²) in [7, 11) is 0. The van der Waals surface area contributed by atoms with E-state index in [0.29, 0.717) is 9.23 Å². The quantitative estimate of drug-likeness (QED) is 0.643. The van der Waals surface area contributed by atoms with Gasteiger partial charge in [-0.3, -0.25) is 4.79 Å². The summed E-state index contributed by atoms with van der Waals surface area (Å²) in [5, 5.41) is 5.39. The van der Waals surface area contributed by atoms with E-state index in [-0.39, 0.29) is 5.91 Å². The summed E-state index contributed by atoms with van der Waals surface area (Å²) >= 11 is 13.7. The van der Waals surface area contributed by atoms with Crippen LogP contribution in [-0.4, -0.2) is 10.2 Å². The Bertz CT molecular complexity index is 718. The first-order valence-electron chi connectivity index (χ1n) is 5.71. The standard InChI is InChI=1S/C14H8ClNOS3/c15-10-3-1-8(2-4-10)9-5-11(19-7-9)6-12-13(17)16-14(18)20-12/h1-7H,(H,16,17,18)/b12-6-. The molecule has 2 heterocycles. The minimum Gasteiger partial charge on any atom is -0.307 e. The highest BCUT2D eigenvalue weighted by Crippen LogP contribution is 2.31. The zero-order valence-corrected chi connectivity index (χ0v) is 13.3. The molecular weight excluding hydrogens is 330 g/mol. The number of halogens is 1. The van der Waals surface area contributed by atoms with Crippen molar-refractivity contribution in [1.29, 1.82) is 0 Å². The molecule has 100 valence electrons. The molecule has 1 aromatic carbocycles. The van der Waals surface area contributed by atoms with Crippen LogP contribution >= 0.6 is 46.9 Å². The van der Waals surface area contributed by atoms with E-state index >= 15 is 0 Å². The van der Waals surface area contributed by atoms with Gasteiger partial charge < -0.3 is 5.32 Å². The second-order valence-electron chi connectivity index (χ2n) is 4.10. The lowest BCUT2D eigenvalue weighted by atomic mass is 10.1. The van der Waals surface area contributed by atoms with E-state index in [9.17, 15) is 4.79 Å². The van der Waals surface area contributed by atoms with E-state index in [2.05, 4.69) is 16.8 Å². The molecule has 0 saturated carbocycles. The number of rotatable bonds is 2. The Hall–Kier alpha value is -1.14. The van der Waals surface area contributed by atoms with Crippen LogP contribution in [0.15, 0.2) is 40.6 Å². The van der Waals surface area contributed by atoms with Crippen molar-refractivity contribution >= 4 is 63.2 Å². The molecule has 0 radical (unpaired) electrons. The summed E-state index contributed by atoms with van der Waals surface area (Å²) in [6.45, 7) is 0. The number of thiophene rings is 1. The van der Waals surface area contributed by atoms with Crippen LogP contribution in [0.1, 0.15) is 4.88 Å². The molecule has 2 nitrogen and oxygen atoms in total. The van der Waals surface area contributed by atoms with Gasteiger partial charge in [-0.2, -0.15) is 0 Å². The number of nitrogens with one attached hydrogen (secondary N) is 1. The number of carbonyl (C=O) groups is 1. The predicted octanol–water partition coefficient (Wildman–Crippen LogP) is 4.56. The molecular formula is C14H8ClNOS3. The van der Waals surface area contributed by atoms with Crippen molar-refractivity contribution in [3.05, 3.63) is 50.5 Å². The van der Waals surface area contributed by atoms with Gasteiger partial charge in [0.2, 0.25) is 0 Å². The highest BCUT2D eigenvalue weighted by molar-refractivity contribution is 8.26. The molecule has 0 bridgehead atoms. The zero-order chi connectivity index (χ0) is 14.1. The van der Waals surface area contributed by atoms with Gasteiger partial charge in [0.15, 0.2) is 0 Å². The third kappa shape index (κ3) is 2.96. The largest absolute Gasteiger partial charge is 0.307 e. The Balaban J connectivity index is 1.87. The summed E-state index contributed by atoms with van der Waals surface area (Å²) in [6, 6.07) is 9.74. The SMILES string of the molecule is O=C1NC(=S)S/C1=C\c1cc(-c2ccc(Cl)cc2)cs1. The van der Waals surface area contributed by atoms with Gasteiger partial charge in [-0.05, 0) is 40.8 Å². The normalized spacial score (nSPS) is 16.8. The molecule has 0 atom stereocenters. The summed E-state index contributed by atoms with van der Waals surface area (Å²) in [5.74, 6) is -0.124. The molecule has 1 aliphatic heterocycles. The van der Waals surface area contributed by atoms with Crippen LogP contribution in [0, 0.1) is 0 Å². The zero-order valence-electron chi connectivity index (χ0n) is 10.1. The van der Waals surface area contributed by atoms with Crippen LogP contribution in [0.4, 0.5) is 0 Å². The van der Waals surface area contributed by atoms with Gasteiger partial charge in [0, 0.05) is 9.90 Å². The van der Waals surface area contributed by atoms with Crippen molar-refractivity contribution in [2.45, 2.75) is 0 Å². The molecule has 1 aromatic heterocycles. The van der Waals surface area contributed by atoms with E-state index in [1.807, 2.05) is 30.3 Å².